The average Bonchev–Trinajstić information content (AvgIpc) is 2.77. The predicted octanol–water partition coefficient (Wildman–Crippen LogP) is 3.38. The smallest absolute Gasteiger partial charge is 0.372 e. The van der Waals surface area contributed by atoms with Crippen molar-refractivity contribution in [1.82, 2.24) is 0 Å². The van der Waals surface area contributed by atoms with E-state index in [9.17, 15) is 4.79 Å². The highest BCUT2D eigenvalue weighted by molar-refractivity contribution is 9.10. The molecule has 0 aliphatic rings. The van der Waals surface area contributed by atoms with E-state index >= 15 is 0 Å². The van der Waals surface area contributed by atoms with Gasteiger partial charge < -0.3 is 14.4 Å². The Morgan fingerprint density at radius 2 is 2.11 bits per heavy atom. The molecule has 0 amide bonds. The van der Waals surface area contributed by atoms with Crippen LogP contribution in [-0.2, 0) is 6.54 Å². The van der Waals surface area contributed by atoms with E-state index < -0.39 is 5.97 Å². The van der Waals surface area contributed by atoms with Crippen molar-refractivity contribution in [3.63, 3.8) is 0 Å². The molecule has 2 rings (SSSR count). The molecule has 0 aliphatic carbocycles. The molecular formula is C13H12BrNO3. The summed E-state index contributed by atoms with van der Waals surface area (Å²) < 4.78 is 5.92. The second-order valence-electron chi connectivity index (χ2n) is 3.89. The van der Waals surface area contributed by atoms with Crippen molar-refractivity contribution >= 4 is 27.6 Å². The molecule has 1 aromatic heterocycles. The van der Waals surface area contributed by atoms with Crippen LogP contribution >= 0.6 is 15.9 Å². The van der Waals surface area contributed by atoms with Crippen LogP contribution in [0.5, 0.6) is 0 Å². The molecule has 1 aromatic carbocycles. The molecule has 0 saturated heterocycles. The highest BCUT2D eigenvalue weighted by Crippen LogP contribution is 2.26. The van der Waals surface area contributed by atoms with Gasteiger partial charge in [0, 0.05) is 23.6 Å². The van der Waals surface area contributed by atoms with Gasteiger partial charge in [-0.15, -0.1) is 0 Å². The zero-order chi connectivity index (χ0) is 13.1. The van der Waals surface area contributed by atoms with Gasteiger partial charge in [0.2, 0.25) is 5.76 Å². The number of furan rings is 1. The van der Waals surface area contributed by atoms with Crippen molar-refractivity contribution in [3.8, 4) is 0 Å². The van der Waals surface area contributed by atoms with Crippen molar-refractivity contribution in [2.45, 2.75) is 6.54 Å². The Labute approximate surface area is 113 Å². The Bertz CT molecular complexity index is 565. The number of benzene rings is 1. The second kappa shape index (κ2) is 5.27. The van der Waals surface area contributed by atoms with E-state index in [0.29, 0.717) is 12.1 Å². The first kappa shape index (κ1) is 12.7. The first-order valence-electron chi connectivity index (χ1n) is 5.35. The summed E-state index contributed by atoms with van der Waals surface area (Å²) in [7, 11) is 1.90. The molecular weight excluding hydrogens is 298 g/mol. The maximum Gasteiger partial charge on any atom is 0.372 e. The van der Waals surface area contributed by atoms with Crippen LogP contribution in [0.3, 0.4) is 0 Å². The van der Waals surface area contributed by atoms with Crippen molar-refractivity contribution in [3.05, 3.63) is 52.4 Å². The van der Waals surface area contributed by atoms with Crippen LogP contribution in [0.25, 0.3) is 0 Å². The van der Waals surface area contributed by atoms with Crippen LogP contribution in [0.15, 0.2) is 45.5 Å². The Morgan fingerprint density at radius 3 is 2.78 bits per heavy atom. The standard InChI is InChI=1S/C13H12BrNO3/c1-15(11-5-3-2-4-10(11)14)8-9-6-7-18-12(9)13(16)17/h2-7H,8H2,1H3,(H,16,17). The third-order valence-electron chi connectivity index (χ3n) is 2.61. The molecule has 0 spiro atoms. The molecule has 0 radical (unpaired) electrons. The molecule has 0 unspecified atom stereocenters. The molecule has 2 aromatic rings. The third-order valence-corrected chi connectivity index (χ3v) is 3.28. The molecule has 1 heterocycles. The fraction of sp³-hybridized carbons (Fsp3) is 0.154. The number of aromatic carboxylic acids is 1. The van der Waals surface area contributed by atoms with Gasteiger partial charge in [-0.1, -0.05) is 12.1 Å². The zero-order valence-corrected chi connectivity index (χ0v) is 11.3. The lowest BCUT2D eigenvalue weighted by atomic mass is 10.2. The van der Waals surface area contributed by atoms with Gasteiger partial charge in [0.15, 0.2) is 0 Å². The van der Waals surface area contributed by atoms with Gasteiger partial charge in [0.05, 0.1) is 12.0 Å². The summed E-state index contributed by atoms with van der Waals surface area (Å²) in [6, 6.07) is 9.45. The van der Waals surface area contributed by atoms with Crippen molar-refractivity contribution in [2.75, 3.05) is 11.9 Å². The number of rotatable bonds is 4. The van der Waals surface area contributed by atoms with Crippen molar-refractivity contribution in [2.24, 2.45) is 0 Å². The maximum absolute atomic E-state index is 10.9. The summed E-state index contributed by atoms with van der Waals surface area (Å²) in [4.78, 5) is 12.9. The Morgan fingerprint density at radius 1 is 1.39 bits per heavy atom. The number of halogens is 1. The lowest BCUT2D eigenvalue weighted by Crippen LogP contribution is -2.18. The molecule has 0 fully saturated rings. The van der Waals surface area contributed by atoms with Crippen molar-refractivity contribution < 1.29 is 14.3 Å². The number of para-hydroxylation sites is 1. The van der Waals surface area contributed by atoms with Crippen LogP contribution in [0.2, 0.25) is 0 Å². The van der Waals surface area contributed by atoms with E-state index in [1.54, 1.807) is 6.07 Å². The summed E-state index contributed by atoms with van der Waals surface area (Å²) in [5, 5.41) is 8.97. The average molecular weight is 310 g/mol. The summed E-state index contributed by atoms with van der Waals surface area (Å²) in [6.45, 7) is 0.473. The molecule has 5 heteroatoms. The predicted molar refractivity (Wildman–Crippen MR) is 71.9 cm³/mol. The molecule has 0 bridgehead atoms. The van der Waals surface area contributed by atoms with Crippen LogP contribution in [0.4, 0.5) is 5.69 Å². The van der Waals surface area contributed by atoms with E-state index in [-0.39, 0.29) is 5.76 Å². The first-order valence-corrected chi connectivity index (χ1v) is 6.14. The highest BCUT2D eigenvalue weighted by atomic mass is 79.9. The fourth-order valence-electron chi connectivity index (χ4n) is 1.75. The normalized spacial score (nSPS) is 10.3. The lowest BCUT2D eigenvalue weighted by Gasteiger charge is -2.20. The molecule has 94 valence electrons. The summed E-state index contributed by atoms with van der Waals surface area (Å²) in [6.07, 6.45) is 1.40. The zero-order valence-electron chi connectivity index (χ0n) is 9.76. The van der Waals surface area contributed by atoms with Gasteiger partial charge in [-0.2, -0.15) is 0 Å². The highest BCUT2D eigenvalue weighted by Gasteiger charge is 2.16. The van der Waals surface area contributed by atoms with Crippen LogP contribution < -0.4 is 4.90 Å². The van der Waals surface area contributed by atoms with E-state index in [1.807, 2.05) is 36.2 Å². The minimum Gasteiger partial charge on any atom is -0.475 e. The molecule has 1 N–H and O–H groups in total. The van der Waals surface area contributed by atoms with Gasteiger partial charge >= 0.3 is 5.97 Å². The first-order chi connectivity index (χ1) is 8.59. The monoisotopic (exact) mass is 309 g/mol. The Hall–Kier alpha value is -1.75. The maximum atomic E-state index is 10.9. The Balaban J connectivity index is 2.22. The number of hydrogen-bond acceptors (Lipinski definition) is 3. The quantitative estimate of drug-likeness (QED) is 0.940. The largest absolute Gasteiger partial charge is 0.475 e. The number of carboxylic acid groups (broad SMARTS) is 1. The second-order valence-corrected chi connectivity index (χ2v) is 4.74. The van der Waals surface area contributed by atoms with E-state index in [1.165, 1.54) is 6.26 Å². The van der Waals surface area contributed by atoms with Gasteiger partial charge in [0.1, 0.15) is 0 Å². The van der Waals surface area contributed by atoms with Gasteiger partial charge in [-0.3, -0.25) is 0 Å². The van der Waals surface area contributed by atoms with Gasteiger partial charge in [0.25, 0.3) is 0 Å². The number of anilines is 1. The van der Waals surface area contributed by atoms with E-state index in [2.05, 4.69) is 15.9 Å². The summed E-state index contributed by atoms with van der Waals surface area (Å²) >= 11 is 3.47. The van der Waals surface area contributed by atoms with Gasteiger partial charge in [-0.25, -0.2) is 4.79 Å². The minimum atomic E-state index is -1.05. The molecule has 0 aliphatic heterocycles. The number of hydrogen-bond donors (Lipinski definition) is 1. The molecule has 18 heavy (non-hydrogen) atoms. The van der Waals surface area contributed by atoms with Crippen molar-refractivity contribution in [1.29, 1.82) is 0 Å². The molecule has 4 nitrogen and oxygen atoms in total. The lowest BCUT2D eigenvalue weighted by molar-refractivity contribution is 0.0661. The number of carbonyl (C=O) groups is 1. The molecule has 0 atom stereocenters. The van der Waals surface area contributed by atoms with Crippen LogP contribution in [-0.4, -0.2) is 18.1 Å². The third kappa shape index (κ3) is 2.56. The van der Waals surface area contributed by atoms with Gasteiger partial charge in [-0.05, 0) is 34.1 Å². The topological polar surface area (TPSA) is 53.7 Å². The minimum absolute atomic E-state index is 0.00564. The van der Waals surface area contributed by atoms with E-state index in [0.717, 1.165) is 10.2 Å². The number of carboxylic acids is 1. The van der Waals surface area contributed by atoms with E-state index in [4.69, 9.17) is 9.52 Å². The number of nitrogens with zero attached hydrogens (tertiary/aromatic N) is 1. The summed E-state index contributed by atoms with van der Waals surface area (Å²) in [5.74, 6) is -1.05. The Kier molecular flexibility index (Phi) is 3.72. The SMILES string of the molecule is CN(Cc1ccoc1C(=O)O)c1ccccc1Br. The molecule has 0 saturated carbocycles. The fourth-order valence-corrected chi connectivity index (χ4v) is 2.34. The van der Waals surface area contributed by atoms with Crippen LogP contribution in [0.1, 0.15) is 16.1 Å². The van der Waals surface area contributed by atoms with Crippen LogP contribution in [0, 0.1) is 0 Å². The summed E-state index contributed by atoms with van der Waals surface area (Å²) in [5.41, 5.74) is 1.65.